The fourth-order valence-corrected chi connectivity index (χ4v) is 3.52. The zero-order valence-electron chi connectivity index (χ0n) is 15.6. The van der Waals surface area contributed by atoms with Crippen LogP contribution in [0, 0.1) is 11.6 Å². The van der Waals surface area contributed by atoms with Crippen molar-refractivity contribution in [3.8, 4) is 22.5 Å². The molecule has 28 heavy (non-hydrogen) atoms. The Kier molecular flexibility index (Phi) is 5.02. The number of aryl methyl sites for hydroxylation is 1. The van der Waals surface area contributed by atoms with E-state index in [9.17, 15) is 8.78 Å². The molecular weight excluding hydrogens is 354 g/mol. The van der Waals surface area contributed by atoms with Gasteiger partial charge < -0.3 is 0 Å². The molecule has 0 radical (unpaired) electrons. The van der Waals surface area contributed by atoms with E-state index in [1.54, 1.807) is 24.3 Å². The second kappa shape index (κ2) is 7.77. The van der Waals surface area contributed by atoms with Crippen LogP contribution in [0.5, 0.6) is 0 Å². The highest BCUT2D eigenvalue weighted by molar-refractivity contribution is 5.76. The maximum Gasteiger partial charge on any atom is 0.245 e. The number of rotatable bonds is 5. The minimum Gasteiger partial charge on any atom is -0.230 e. The monoisotopic (exact) mass is 375 g/mol. The van der Waals surface area contributed by atoms with Gasteiger partial charge in [0.1, 0.15) is 18.2 Å². The Hall–Kier alpha value is -3.27. The number of hydrogen-bond donors (Lipinski definition) is 0. The van der Waals surface area contributed by atoms with Crippen LogP contribution in [0.4, 0.5) is 8.78 Å². The predicted octanol–water partition coefficient (Wildman–Crippen LogP) is 5.46. The molecule has 0 saturated heterocycles. The van der Waals surface area contributed by atoms with Crippen molar-refractivity contribution in [3.63, 3.8) is 0 Å². The van der Waals surface area contributed by atoms with Gasteiger partial charge in [-0.15, -0.1) is 0 Å². The highest BCUT2D eigenvalue weighted by atomic mass is 19.1. The Balaban J connectivity index is 1.93. The number of imidazole rings is 1. The lowest BCUT2D eigenvalue weighted by atomic mass is 10.0. The number of aromatic nitrogens is 2. The van der Waals surface area contributed by atoms with Gasteiger partial charge in [-0.05, 0) is 61.0 Å². The topological polar surface area (TPSA) is 8.81 Å². The summed E-state index contributed by atoms with van der Waals surface area (Å²) in [4.78, 5) is 0. The summed E-state index contributed by atoms with van der Waals surface area (Å²) in [6.45, 7) is 3.53. The smallest absolute Gasteiger partial charge is 0.230 e. The van der Waals surface area contributed by atoms with Gasteiger partial charge in [-0.25, -0.2) is 17.9 Å². The van der Waals surface area contributed by atoms with E-state index in [1.807, 2.05) is 18.2 Å². The molecule has 140 valence electrons. The van der Waals surface area contributed by atoms with Crippen LogP contribution in [0.25, 0.3) is 22.5 Å². The number of nitrogens with zero attached hydrogens (tertiary/aromatic N) is 2. The van der Waals surface area contributed by atoms with Gasteiger partial charge in [0.2, 0.25) is 6.33 Å². The third kappa shape index (κ3) is 3.58. The summed E-state index contributed by atoms with van der Waals surface area (Å²) in [5.41, 5.74) is 5.00. The van der Waals surface area contributed by atoms with Crippen LogP contribution in [0.3, 0.4) is 0 Å². The van der Waals surface area contributed by atoms with Gasteiger partial charge >= 0.3 is 0 Å². The van der Waals surface area contributed by atoms with Crippen molar-refractivity contribution in [3.05, 3.63) is 102 Å². The molecule has 0 saturated carbocycles. The van der Waals surface area contributed by atoms with Gasteiger partial charge in [0.25, 0.3) is 0 Å². The third-order valence-corrected chi connectivity index (χ3v) is 4.85. The minimum absolute atomic E-state index is 0.265. The first-order chi connectivity index (χ1) is 13.7. The lowest BCUT2D eigenvalue weighted by molar-refractivity contribution is -0.677. The van der Waals surface area contributed by atoms with E-state index >= 15 is 0 Å². The van der Waals surface area contributed by atoms with Gasteiger partial charge in [0.15, 0.2) is 11.4 Å². The Bertz CT molecular complexity index is 1070. The normalized spacial score (nSPS) is 11.0. The van der Waals surface area contributed by atoms with Crippen molar-refractivity contribution in [2.24, 2.45) is 0 Å². The van der Waals surface area contributed by atoms with Crippen molar-refractivity contribution < 1.29 is 13.3 Å². The summed E-state index contributed by atoms with van der Waals surface area (Å²) in [7, 11) is 0. The molecule has 1 heterocycles. The molecule has 1 aromatic heterocycles. The first-order valence-corrected chi connectivity index (χ1v) is 9.34. The highest BCUT2D eigenvalue weighted by Gasteiger charge is 2.25. The van der Waals surface area contributed by atoms with E-state index in [2.05, 4.69) is 34.5 Å². The van der Waals surface area contributed by atoms with Crippen molar-refractivity contribution in [1.82, 2.24) is 4.57 Å². The molecule has 0 fully saturated rings. The zero-order valence-corrected chi connectivity index (χ0v) is 15.6. The lowest BCUT2D eigenvalue weighted by Gasteiger charge is -2.06. The van der Waals surface area contributed by atoms with Crippen LogP contribution >= 0.6 is 0 Å². The second-order valence-corrected chi connectivity index (χ2v) is 6.73. The SMILES string of the molecule is CCn1c[n+](Cc2ccccc2)c(-c2ccc(F)cc2)c1-c1ccc(F)cc1. The maximum absolute atomic E-state index is 13.5. The van der Waals surface area contributed by atoms with E-state index in [1.165, 1.54) is 29.8 Å². The van der Waals surface area contributed by atoms with Gasteiger partial charge in [-0.1, -0.05) is 30.3 Å². The summed E-state index contributed by atoms with van der Waals surface area (Å²) in [6, 6.07) is 23.2. The quantitative estimate of drug-likeness (QED) is 0.410. The number of benzene rings is 3. The molecule has 0 atom stereocenters. The molecule has 0 N–H and O–H groups in total. The molecular formula is C24H21F2N2+. The summed E-state index contributed by atoms with van der Waals surface area (Å²) >= 11 is 0. The second-order valence-electron chi connectivity index (χ2n) is 6.73. The Morgan fingerprint density at radius 3 is 1.89 bits per heavy atom. The van der Waals surface area contributed by atoms with Crippen molar-refractivity contribution >= 4 is 0 Å². The van der Waals surface area contributed by atoms with Crippen LogP contribution in [-0.2, 0) is 13.1 Å². The van der Waals surface area contributed by atoms with Crippen molar-refractivity contribution in [1.29, 1.82) is 0 Å². The number of hydrogen-bond acceptors (Lipinski definition) is 0. The average molecular weight is 375 g/mol. The minimum atomic E-state index is -0.267. The lowest BCUT2D eigenvalue weighted by Crippen LogP contribution is -2.34. The van der Waals surface area contributed by atoms with Gasteiger partial charge in [-0.3, -0.25) is 0 Å². The molecule has 0 spiro atoms. The predicted molar refractivity (Wildman–Crippen MR) is 107 cm³/mol. The van der Waals surface area contributed by atoms with Crippen molar-refractivity contribution in [2.75, 3.05) is 0 Å². The van der Waals surface area contributed by atoms with Crippen LogP contribution in [0.1, 0.15) is 12.5 Å². The maximum atomic E-state index is 13.5. The van der Waals surface area contributed by atoms with Crippen LogP contribution in [0.15, 0.2) is 85.2 Å². The molecule has 0 aliphatic rings. The average Bonchev–Trinajstić information content (AvgIpc) is 3.08. The third-order valence-electron chi connectivity index (χ3n) is 4.85. The summed E-state index contributed by atoms with van der Waals surface area (Å²) in [5, 5.41) is 0. The molecule has 4 heteroatoms. The largest absolute Gasteiger partial charge is 0.245 e. The molecule has 0 aliphatic heterocycles. The molecule has 0 amide bonds. The van der Waals surface area contributed by atoms with Gasteiger partial charge in [0, 0.05) is 11.1 Å². The molecule has 3 aromatic carbocycles. The van der Waals surface area contributed by atoms with Crippen molar-refractivity contribution in [2.45, 2.75) is 20.0 Å². The molecule has 0 bridgehead atoms. The Morgan fingerprint density at radius 2 is 1.32 bits per heavy atom. The molecule has 4 aromatic rings. The van der Waals surface area contributed by atoms with E-state index in [4.69, 9.17) is 0 Å². The van der Waals surface area contributed by atoms with E-state index in [0.717, 1.165) is 29.1 Å². The Morgan fingerprint density at radius 1 is 0.750 bits per heavy atom. The van der Waals surface area contributed by atoms with E-state index < -0.39 is 0 Å². The van der Waals surface area contributed by atoms with Crippen LogP contribution in [0.2, 0.25) is 0 Å². The first-order valence-electron chi connectivity index (χ1n) is 9.34. The molecule has 0 aliphatic carbocycles. The van der Waals surface area contributed by atoms with Crippen LogP contribution < -0.4 is 4.57 Å². The van der Waals surface area contributed by atoms with E-state index in [-0.39, 0.29) is 11.6 Å². The van der Waals surface area contributed by atoms with E-state index in [0.29, 0.717) is 6.54 Å². The van der Waals surface area contributed by atoms with Gasteiger partial charge in [0.05, 0.1) is 6.54 Å². The summed E-state index contributed by atoms with van der Waals surface area (Å²) < 4.78 is 31.3. The standard InChI is InChI=1S/C24H21F2N2/c1-2-27-17-28(16-18-6-4-3-5-7-18)24(20-10-14-22(26)15-11-20)23(27)19-8-12-21(25)13-9-19/h3-15,17H,2,16H2,1H3/q+1. The number of halogens is 2. The Labute approximate surface area is 163 Å². The zero-order chi connectivity index (χ0) is 19.5. The highest BCUT2D eigenvalue weighted by Crippen LogP contribution is 2.31. The summed E-state index contributed by atoms with van der Waals surface area (Å²) in [6.07, 6.45) is 2.07. The molecule has 2 nitrogen and oxygen atoms in total. The van der Waals surface area contributed by atoms with Crippen LogP contribution in [-0.4, -0.2) is 4.57 Å². The fraction of sp³-hybridized carbons (Fsp3) is 0.125. The molecule has 0 unspecified atom stereocenters. The molecule has 4 rings (SSSR count). The summed E-state index contributed by atoms with van der Waals surface area (Å²) in [5.74, 6) is -0.532. The first kappa shape index (κ1) is 18.1. The van der Waals surface area contributed by atoms with Gasteiger partial charge in [-0.2, -0.15) is 0 Å². The fourth-order valence-electron chi connectivity index (χ4n) is 3.52.